The molecule has 4 rings (SSSR count). The lowest BCUT2D eigenvalue weighted by Gasteiger charge is -2.38. The summed E-state index contributed by atoms with van der Waals surface area (Å²) in [5.74, 6) is -3.31. The fourth-order valence-electron chi connectivity index (χ4n) is 6.78. The predicted octanol–water partition coefficient (Wildman–Crippen LogP) is 0.565. The van der Waals surface area contributed by atoms with Crippen LogP contribution >= 0.6 is 0 Å². The van der Waals surface area contributed by atoms with Crippen molar-refractivity contribution in [3.8, 4) is 5.75 Å². The van der Waals surface area contributed by atoms with E-state index >= 15 is 0 Å². The van der Waals surface area contributed by atoms with Crippen molar-refractivity contribution in [2.75, 3.05) is 61.1 Å². The Labute approximate surface area is 356 Å². The molecule has 3 aromatic carbocycles. The van der Waals surface area contributed by atoms with Crippen LogP contribution in [-0.4, -0.2) is 136 Å². The first-order chi connectivity index (χ1) is 29.0. The van der Waals surface area contributed by atoms with Gasteiger partial charge >= 0.3 is 0 Å². The van der Waals surface area contributed by atoms with Crippen LogP contribution < -0.4 is 37.1 Å². The van der Waals surface area contributed by atoms with Crippen molar-refractivity contribution in [2.45, 2.75) is 75.5 Å². The molecule has 0 aromatic heterocycles. The van der Waals surface area contributed by atoms with Gasteiger partial charge in [-0.15, -0.1) is 0 Å². The molecule has 1 saturated heterocycles. The van der Waals surface area contributed by atoms with Gasteiger partial charge in [0.2, 0.25) is 41.4 Å². The van der Waals surface area contributed by atoms with Crippen LogP contribution in [0.4, 0.5) is 0 Å². The van der Waals surface area contributed by atoms with E-state index in [1.165, 1.54) is 11.8 Å². The van der Waals surface area contributed by atoms with Gasteiger partial charge in [0, 0.05) is 85.8 Å². The third-order valence-corrected chi connectivity index (χ3v) is 10.3. The van der Waals surface area contributed by atoms with Crippen LogP contribution in [-0.2, 0) is 51.1 Å². The molecule has 61 heavy (non-hydrogen) atoms. The zero-order valence-corrected chi connectivity index (χ0v) is 35.7. The highest BCUT2D eigenvalue weighted by Crippen LogP contribution is 2.24. The fraction of sp³-hybridized carbons (Fsp3) is 0.477. The minimum Gasteiger partial charge on any atom is -0.492 e. The highest BCUT2D eigenvalue weighted by molar-refractivity contribution is 5.98. The van der Waals surface area contributed by atoms with Crippen LogP contribution in [0.5, 0.6) is 5.75 Å². The highest BCUT2D eigenvalue weighted by Gasteiger charge is 2.44. The molecule has 0 saturated carbocycles. The summed E-state index contributed by atoms with van der Waals surface area (Å²) >= 11 is 0. The average molecular weight is 845 g/mol. The molecular formula is C44H60N8O9. The Bertz CT molecular complexity index is 2000. The first-order valence-electron chi connectivity index (χ1n) is 20.4. The molecule has 3 atom stereocenters. The molecule has 3 aromatic rings. The minimum atomic E-state index is -1.58. The second kappa shape index (κ2) is 23.1. The molecule has 1 fully saturated rings. The van der Waals surface area contributed by atoms with Crippen LogP contribution in [0, 0.1) is 0 Å². The number of nitrogens with two attached hydrogens (primary N) is 1. The Hall–Kier alpha value is -6.07. The molecule has 0 spiro atoms. The lowest BCUT2D eigenvalue weighted by atomic mass is 9.87. The first kappa shape index (κ1) is 47.6. The minimum absolute atomic E-state index is 0.0277. The summed E-state index contributed by atoms with van der Waals surface area (Å²) in [6.07, 6.45) is -0.0618. The Kier molecular flexibility index (Phi) is 18.0. The number of carbonyl (C=O) groups excluding carboxylic acids is 7. The van der Waals surface area contributed by atoms with Gasteiger partial charge in [-0.2, -0.15) is 0 Å². The summed E-state index contributed by atoms with van der Waals surface area (Å²) in [4.78, 5) is 96.1. The van der Waals surface area contributed by atoms with Crippen molar-refractivity contribution in [1.82, 2.24) is 36.4 Å². The zero-order chi connectivity index (χ0) is 44.5. The maximum Gasteiger partial charge on any atom is 0.246 e. The van der Waals surface area contributed by atoms with Crippen molar-refractivity contribution in [3.05, 3.63) is 77.9 Å². The van der Waals surface area contributed by atoms with E-state index in [9.17, 15) is 33.6 Å². The second-order valence-electron chi connectivity index (χ2n) is 15.7. The summed E-state index contributed by atoms with van der Waals surface area (Å²) in [7, 11) is 7.04. The van der Waals surface area contributed by atoms with Gasteiger partial charge in [0.1, 0.15) is 36.0 Å². The van der Waals surface area contributed by atoms with Gasteiger partial charge in [-0.1, -0.05) is 54.6 Å². The van der Waals surface area contributed by atoms with Gasteiger partial charge in [-0.3, -0.25) is 33.6 Å². The number of benzene rings is 3. The number of nitrogens with one attached hydrogen (secondary N) is 5. The summed E-state index contributed by atoms with van der Waals surface area (Å²) in [6, 6.07) is 17.1. The molecule has 17 heteroatoms. The summed E-state index contributed by atoms with van der Waals surface area (Å²) in [5.41, 5.74) is 5.13. The SMILES string of the molecule is CC(=O)N[C@@H](Cc1ccc(OCCN(C)C)cc1)C(=O)N[C@@H](Cc1ccc2ccccc2c1)C(=O)NC1(C(=O)N[C@@H](CCC(=O)N(C)C)C(=O)NCCC(N)=O)CCOCC1. The Balaban J connectivity index is 1.61. The van der Waals surface area contributed by atoms with Gasteiger partial charge in [0.15, 0.2) is 0 Å². The van der Waals surface area contributed by atoms with Crippen LogP contribution in [0.15, 0.2) is 66.7 Å². The lowest BCUT2D eigenvalue weighted by molar-refractivity contribution is -0.141. The van der Waals surface area contributed by atoms with Crippen LogP contribution in [0.1, 0.15) is 50.2 Å². The molecule has 0 radical (unpaired) electrons. The molecule has 0 bridgehead atoms. The number of primary amides is 1. The maximum absolute atomic E-state index is 14.6. The molecule has 0 aliphatic carbocycles. The van der Waals surface area contributed by atoms with E-state index in [0.717, 1.165) is 28.4 Å². The van der Waals surface area contributed by atoms with E-state index < -0.39 is 59.1 Å². The molecule has 7 amide bonds. The number of hydrogen-bond acceptors (Lipinski definition) is 10. The molecule has 17 nitrogen and oxygen atoms in total. The summed E-state index contributed by atoms with van der Waals surface area (Å²) < 4.78 is 11.4. The van der Waals surface area contributed by atoms with Gasteiger partial charge in [0.05, 0.1) is 0 Å². The van der Waals surface area contributed by atoms with E-state index in [1.807, 2.05) is 73.6 Å². The monoisotopic (exact) mass is 844 g/mol. The number of amides is 7. The Morgan fingerprint density at radius 1 is 0.754 bits per heavy atom. The molecule has 1 heterocycles. The van der Waals surface area contributed by atoms with Gasteiger partial charge in [0.25, 0.3) is 0 Å². The molecular weight excluding hydrogens is 785 g/mol. The predicted molar refractivity (Wildman–Crippen MR) is 229 cm³/mol. The fourth-order valence-corrected chi connectivity index (χ4v) is 6.78. The highest BCUT2D eigenvalue weighted by atomic mass is 16.5. The lowest BCUT2D eigenvalue weighted by Crippen LogP contribution is -2.66. The average Bonchev–Trinajstić information content (AvgIpc) is 3.21. The van der Waals surface area contributed by atoms with E-state index in [0.29, 0.717) is 12.4 Å². The largest absolute Gasteiger partial charge is 0.492 e. The standard InChI is InChI=1S/C44H60N8O9/c1-29(53)47-36(27-30-11-14-34(15-12-30)61-25-22-51(2)3)41(57)48-37(28-31-10-13-32-8-6-7-9-33(32)26-31)42(58)50-44(19-23-60-24-20-44)43(59)49-35(16-17-39(55)52(4)5)40(56)46-21-18-38(45)54/h6-15,26,35-37H,16-25,27-28H2,1-5H3,(H2,45,54)(H,46,56)(H,47,53)(H,48,57)(H,49,59)(H,50,58)/t35-,36-,37-/m0/s1. The van der Waals surface area contributed by atoms with E-state index in [4.69, 9.17) is 15.2 Å². The van der Waals surface area contributed by atoms with Crippen molar-refractivity contribution < 1.29 is 43.0 Å². The zero-order valence-electron chi connectivity index (χ0n) is 35.7. The van der Waals surface area contributed by atoms with E-state index in [-0.39, 0.29) is 70.6 Å². The Morgan fingerprint density at radius 3 is 2.03 bits per heavy atom. The number of carbonyl (C=O) groups is 7. The van der Waals surface area contributed by atoms with Gasteiger partial charge < -0.3 is 51.6 Å². The number of rotatable bonds is 22. The number of likely N-dealkylation sites (N-methyl/N-ethyl adjacent to an activating group) is 1. The van der Waals surface area contributed by atoms with Crippen LogP contribution in [0.3, 0.4) is 0 Å². The van der Waals surface area contributed by atoms with Crippen molar-refractivity contribution in [3.63, 3.8) is 0 Å². The quantitative estimate of drug-likeness (QED) is 0.0824. The molecule has 0 unspecified atom stereocenters. The number of ether oxygens (including phenoxy) is 2. The summed E-state index contributed by atoms with van der Waals surface area (Å²) in [5, 5.41) is 15.7. The van der Waals surface area contributed by atoms with Crippen LogP contribution in [0.2, 0.25) is 0 Å². The topological polar surface area (TPSA) is 231 Å². The number of nitrogens with zero attached hydrogens (tertiary/aromatic N) is 2. The second-order valence-corrected chi connectivity index (χ2v) is 15.7. The third kappa shape index (κ3) is 15.2. The van der Waals surface area contributed by atoms with Crippen LogP contribution in [0.25, 0.3) is 10.8 Å². The molecule has 1 aliphatic heterocycles. The van der Waals surface area contributed by atoms with Crippen molar-refractivity contribution in [2.24, 2.45) is 5.73 Å². The number of fused-ring (bicyclic) bond motifs is 1. The van der Waals surface area contributed by atoms with E-state index in [1.54, 1.807) is 26.2 Å². The number of hydrogen-bond donors (Lipinski definition) is 6. The van der Waals surface area contributed by atoms with Crippen molar-refractivity contribution in [1.29, 1.82) is 0 Å². The van der Waals surface area contributed by atoms with Gasteiger partial charge in [-0.05, 0) is 54.5 Å². The summed E-state index contributed by atoms with van der Waals surface area (Å²) in [6.45, 7) is 2.66. The molecule has 1 aliphatic rings. The maximum atomic E-state index is 14.6. The smallest absolute Gasteiger partial charge is 0.246 e. The molecule has 7 N–H and O–H groups in total. The van der Waals surface area contributed by atoms with E-state index in [2.05, 4.69) is 26.6 Å². The molecule has 330 valence electrons. The normalized spacial score (nSPS) is 14.8. The van der Waals surface area contributed by atoms with Crippen molar-refractivity contribution >= 4 is 52.1 Å². The first-order valence-corrected chi connectivity index (χ1v) is 20.4. The third-order valence-electron chi connectivity index (χ3n) is 10.3. The van der Waals surface area contributed by atoms with Gasteiger partial charge in [-0.25, -0.2) is 0 Å². The Morgan fingerprint density at radius 2 is 1.39 bits per heavy atom.